The fourth-order valence-electron chi connectivity index (χ4n) is 5.18. The van der Waals surface area contributed by atoms with Crippen LogP contribution >= 0.6 is 0 Å². The highest BCUT2D eigenvalue weighted by molar-refractivity contribution is 5.91. The van der Waals surface area contributed by atoms with E-state index in [1.54, 1.807) is 20.8 Å². The zero-order chi connectivity index (χ0) is 33.5. The zero-order valence-electron chi connectivity index (χ0n) is 27.8. The largest absolute Gasteiger partial charge is 0.460 e. The summed E-state index contributed by atoms with van der Waals surface area (Å²) in [5.41, 5.74) is 2.12. The third-order valence-corrected chi connectivity index (χ3v) is 7.33. The van der Waals surface area contributed by atoms with Crippen LogP contribution < -0.4 is 16.0 Å². The van der Waals surface area contributed by atoms with E-state index in [0.717, 1.165) is 34.9 Å². The number of carbonyl (C=O) groups excluding carboxylic acids is 4. The average molecular weight is 635 g/mol. The molecule has 0 radical (unpaired) electrons. The molecule has 1 aromatic heterocycles. The van der Waals surface area contributed by atoms with E-state index in [4.69, 9.17) is 9.47 Å². The first-order valence-electron chi connectivity index (χ1n) is 16.2. The molecule has 2 atom stereocenters. The Hall–Kier alpha value is -4.34. The molecule has 0 aliphatic rings. The Kier molecular flexibility index (Phi) is 14.1. The second-order valence-corrected chi connectivity index (χ2v) is 13.1. The van der Waals surface area contributed by atoms with Gasteiger partial charge in [0.05, 0.1) is 6.42 Å². The fraction of sp³-hybridized carbons (Fsp3) is 0.500. The van der Waals surface area contributed by atoms with Crippen LogP contribution in [0.2, 0.25) is 0 Å². The topological polar surface area (TPSA) is 139 Å². The van der Waals surface area contributed by atoms with Crippen molar-refractivity contribution >= 4 is 34.8 Å². The van der Waals surface area contributed by atoms with Crippen LogP contribution in [0.5, 0.6) is 0 Å². The Labute approximate surface area is 272 Å². The van der Waals surface area contributed by atoms with Gasteiger partial charge < -0.3 is 30.4 Å². The van der Waals surface area contributed by atoms with Crippen LogP contribution in [0.4, 0.5) is 4.79 Å². The first-order chi connectivity index (χ1) is 21.9. The lowest BCUT2D eigenvalue weighted by atomic mass is 9.92. The predicted octanol–water partition coefficient (Wildman–Crippen LogP) is 5.80. The summed E-state index contributed by atoms with van der Waals surface area (Å²) in [6, 6.07) is 16.5. The van der Waals surface area contributed by atoms with Crippen molar-refractivity contribution in [2.45, 2.75) is 91.4 Å². The van der Waals surface area contributed by atoms with Gasteiger partial charge in [-0.25, -0.2) is 4.79 Å². The molecule has 46 heavy (non-hydrogen) atoms. The lowest BCUT2D eigenvalue weighted by molar-refractivity contribution is -0.157. The number of unbranched alkanes of at least 4 members (excludes halogenated alkanes) is 2. The number of hydrogen-bond acceptors (Lipinski definition) is 6. The molecular weight excluding hydrogens is 584 g/mol. The molecule has 2 aromatic carbocycles. The molecule has 3 aromatic rings. The fourth-order valence-corrected chi connectivity index (χ4v) is 5.18. The normalized spacial score (nSPS) is 12.7. The summed E-state index contributed by atoms with van der Waals surface area (Å²) in [6.07, 6.45) is 4.33. The molecule has 10 heteroatoms. The Bertz CT molecular complexity index is 1410. The molecule has 250 valence electrons. The van der Waals surface area contributed by atoms with Gasteiger partial charge in [0.1, 0.15) is 18.2 Å². The third-order valence-electron chi connectivity index (χ3n) is 7.33. The number of aromatic amines is 1. The SMILES string of the molecule is CC(C)CC(CC(=O)OC(C)(C)C)C(=O)N[C@H](Cc1c[nH]c2ccccc12)C(=O)NCCCCCNC(=O)OCc1ccccc1. The molecule has 0 saturated carbocycles. The quantitative estimate of drug-likeness (QED) is 0.109. The molecule has 4 N–H and O–H groups in total. The highest BCUT2D eigenvalue weighted by atomic mass is 16.6. The zero-order valence-corrected chi connectivity index (χ0v) is 27.8. The number of rotatable bonds is 17. The minimum atomic E-state index is -0.832. The summed E-state index contributed by atoms with van der Waals surface area (Å²) in [5, 5.41) is 9.66. The van der Waals surface area contributed by atoms with Gasteiger partial charge in [-0.05, 0) is 69.6 Å². The van der Waals surface area contributed by atoms with Crippen molar-refractivity contribution in [1.29, 1.82) is 0 Å². The van der Waals surface area contributed by atoms with E-state index in [1.165, 1.54) is 0 Å². The highest BCUT2D eigenvalue weighted by Gasteiger charge is 2.30. The minimum absolute atomic E-state index is 0.0590. The van der Waals surface area contributed by atoms with E-state index in [0.29, 0.717) is 25.9 Å². The summed E-state index contributed by atoms with van der Waals surface area (Å²) in [5.74, 6) is -1.53. The number of esters is 1. The summed E-state index contributed by atoms with van der Waals surface area (Å²) in [6.45, 7) is 10.5. The van der Waals surface area contributed by atoms with Crippen molar-refractivity contribution in [2.24, 2.45) is 11.8 Å². The number of benzene rings is 2. The van der Waals surface area contributed by atoms with Gasteiger partial charge in [-0.1, -0.05) is 62.4 Å². The maximum atomic E-state index is 13.6. The van der Waals surface area contributed by atoms with Gasteiger partial charge in [0.25, 0.3) is 0 Å². The molecule has 10 nitrogen and oxygen atoms in total. The van der Waals surface area contributed by atoms with Crippen LogP contribution in [-0.4, -0.2) is 53.6 Å². The van der Waals surface area contributed by atoms with E-state index >= 15 is 0 Å². The first-order valence-corrected chi connectivity index (χ1v) is 16.2. The Morgan fingerprint density at radius 3 is 2.22 bits per heavy atom. The van der Waals surface area contributed by atoms with Gasteiger partial charge in [0.15, 0.2) is 0 Å². The number of H-pyrrole nitrogens is 1. The standard InChI is InChI=1S/C36H50N4O6/c1-25(2)20-27(22-32(41)46-36(3,4)5)33(42)40-31(21-28-23-39-30-17-11-10-16-29(28)30)34(43)37-18-12-7-13-19-38-35(44)45-24-26-14-8-6-9-15-26/h6,8-11,14-17,23,25,27,31,39H,7,12-13,18-22,24H2,1-5H3,(H,37,43)(H,38,44)(H,40,42)/t27?,31-/m1/s1. The molecule has 0 bridgehead atoms. The molecular formula is C36H50N4O6. The van der Waals surface area contributed by atoms with Gasteiger partial charge in [-0.2, -0.15) is 0 Å². The number of carbonyl (C=O) groups is 4. The Morgan fingerprint density at radius 2 is 1.52 bits per heavy atom. The molecule has 1 heterocycles. The first kappa shape index (κ1) is 36.1. The van der Waals surface area contributed by atoms with Crippen molar-refractivity contribution in [2.75, 3.05) is 13.1 Å². The third kappa shape index (κ3) is 12.9. The lowest BCUT2D eigenvalue weighted by Crippen LogP contribution is -2.50. The minimum Gasteiger partial charge on any atom is -0.460 e. The maximum absolute atomic E-state index is 13.6. The van der Waals surface area contributed by atoms with E-state index in [1.807, 2.05) is 74.6 Å². The van der Waals surface area contributed by atoms with Crippen LogP contribution in [0.25, 0.3) is 10.9 Å². The number of amides is 3. The number of hydrogen-bond donors (Lipinski definition) is 4. The van der Waals surface area contributed by atoms with Gasteiger partial charge in [0, 0.05) is 42.5 Å². The van der Waals surface area contributed by atoms with Gasteiger partial charge in [-0.3, -0.25) is 14.4 Å². The lowest BCUT2D eigenvalue weighted by Gasteiger charge is -2.25. The summed E-state index contributed by atoms with van der Waals surface area (Å²) in [4.78, 5) is 54.8. The summed E-state index contributed by atoms with van der Waals surface area (Å²) >= 11 is 0. The van der Waals surface area contributed by atoms with Gasteiger partial charge in [-0.15, -0.1) is 0 Å². The van der Waals surface area contributed by atoms with Crippen molar-refractivity contribution < 1.29 is 28.7 Å². The number of para-hydroxylation sites is 1. The number of fused-ring (bicyclic) bond motifs is 1. The molecule has 1 unspecified atom stereocenters. The molecule has 0 saturated heterocycles. The smallest absolute Gasteiger partial charge is 0.407 e. The van der Waals surface area contributed by atoms with E-state index in [9.17, 15) is 19.2 Å². The second kappa shape index (κ2) is 18.0. The van der Waals surface area contributed by atoms with Crippen molar-refractivity contribution in [3.63, 3.8) is 0 Å². The molecule has 0 aliphatic carbocycles. The predicted molar refractivity (Wildman–Crippen MR) is 179 cm³/mol. The van der Waals surface area contributed by atoms with Crippen LogP contribution in [-0.2, 0) is 36.9 Å². The second-order valence-electron chi connectivity index (χ2n) is 13.1. The van der Waals surface area contributed by atoms with Crippen molar-refractivity contribution in [3.05, 3.63) is 71.9 Å². The average Bonchev–Trinajstić information content (AvgIpc) is 3.40. The molecule has 3 amide bonds. The monoisotopic (exact) mass is 634 g/mol. The van der Waals surface area contributed by atoms with E-state index in [2.05, 4.69) is 20.9 Å². The van der Waals surface area contributed by atoms with Crippen LogP contribution in [0.1, 0.15) is 77.8 Å². The van der Waals surface area contributed by atoms with Gasteiger partial charge >= 0.3 is 12.1 Å². The number of nitrogens with one attached hydrogen (secondary N) is 4. The highest BCUT2D eigenvalue weighted by Crippen LogP contribution is 2.22. The van der Waals surface area contributed by atoms with E-state index in [-0.39, 0.29) is 37.2 Å². The summed E-state index contributed by atoms with van der Waals surface area (Å²) in [7, 11) is 0. The summed E-state index contributed by atoms with van der Waals surface area (Å²) < 4.78 is 10.7. The molecule has 0 spiro atoms. The van der Waals surface area contributed by atoms with Crippen LogP contribution in [0, 0.1) is 11.8 Å². The van der Waals surface area contributed by atoms with Gasteiger partial charge in [0.2, 0.25) is 11.8 Å². The maximum Gasteiger partial charge on any atom is 0.407 e. The number of alkyl carbamates (subject to hydrolysis) is 1. The van der Waals surface area contributed by atoms with Crippen LogP contribution in [0.15, 0.2) is 60.8 Å². The number of aromatic nitrogens is 1. The van der Waals surface area contributed by atoms with Crippen LogP contribution in [0.3, 0.4) is 0 Å². The Balaban J connectivity index is 1.54. The molecule has 0 aliphatic heterocycles. The molecule has 0 fully saturated rings. The molecule has 3 rings (SSSR count). The Morgan fingerprint density at radius 1 is 0.848 bits per heavy atom. The number of ether oxygens (including phenoxy) is 2. The van der Waals surface area contributed by atoms with Crippen molar-refractivity contribution in [3.8, 4) is 0 Å². The van der Waals surface area contributed by atoms with E-state index < -0.39 is 29.6 Å². The van der Waals surface area contributed by atoms with Crippen molar-refractivity contribution in [1.82, 2.24) is 20.9 Å².